The Morgan fingerprint density at radius 3 is 2.92 bits per heavy atom. The third-order valence-electron chi connectivity index (χ3n) is 1.94. The Kier molecular flexibility index (Phi) is 2.51. The zero-order chi connectivity index (χ0) is 9.26. The van der Waals surface area contributed by atoms with Gasteiger partial charge in [0.25, 0.3) is 0 Å². The number of rotatable bonds is 1. The van der Waals surface area contributed by atoms with E-state index in [4.69, 9.17) is 11.6 Å². The molecule has 0 aliphatic rings. The van der Waals surface area contributed by atoms with Gasteiger partial charge in [-0.2, -0.15) is 0 Å². The number of benzene rings is 1. The maximum absolute atomic E-state index is 5.86. The Morgan fingerprint density at radius 2 is 2.15 bits per heavy atom. The fourth-order valence-electron chi connectivity index (χ4n) is 1.30. The number of pyridine rings is 1. The summed E-state index contributed by atoms with van der Waals surface area (Å²) in [7, 11) is 0. The van der Waals surface area contributed by atoms with Crippen molar-refractivity contribution in [2.24, 2.45) is 0 Å². The topological polar surface area (TPSA) is 12.9 Å². The van der Waals surface area contributed by atoms with Crippen molar-refractivity contribution >= 4 is 38.4 Å². The highest BCUT2D eigenvalue weighted by molar-refractivity contribution is 9.08. The summed E-state index contributed by atoms with van der Waals surface area (Å²) in [5.41, 5.74) is 2.19. The van der Waals surface area contributed by atoms with Gasteiger partial charge in [0.1, 0.15) is 0 Å². The number of hydrogen-bond acceptors (Lipinski definition) is 1. The summed E-state index contributed by atoms with van der Waals surface area (Å²) in [5.74, 6) is 0. The molecule has 0 fully saturated rings. The minimum atomic E-state index is 0.728. The van der Waals surface area contributed by atoms with Crippen LogP contribution in [-0.4, -0.2) is 4.98 Å². The van der Waals surface area contributed by atoms with Gasteiger partial charge in [-0.3, -0.25) is 4.98 Å². The average Bonchev–Trinajstić information content (AvgIpc) is 2.16. The van der Waals surface area contributed by atoms with Crippen molar-refractivity contribution in [1.29, 1.82) is 0 Å². The molecule has 66 valence electrons. The average molecular weight is 257 g/mol. The number of hydrogen-bond donors (Lipinski definition) is 0. The van der Waals surface area contributed by atoms with Gasteiger partial charge in [0.15, 0.2) is 0 Å². The van der Waals surface area contributed by atoms with Crippen LogP contribution < -0.4 is 0 Å². The first kappa shape index (κ1) is 8.97. The van der Waals surface area contributed by atoms with E-state index in [-0.39, 0.29) is 0 Å². The molecule has 1 aromatic carbocycles. The van der Waals surface area contributed by atoms with E-state index in [0.717, 1.165) is 21.3 Å². The second-order valence-corrected chi connectivity index (χ2v) is 3.76. The monoisotopic (exact) mass is 255 g/mol. The lowest BCUT2D eigenvalue weighted by Gasteiger charge is -2.02. The zero-order valence-corrected chi connectivity index (χ0v) is 9.14. The number of halogens is 2. The molecule has 13 heavy (non-hydrogen) atoms. The van der Waals surface area contributed by atoms with Crippen LogP contribution in [0.15, 0.2) is 30.5 Å². The van der Waals surface area contributed by atoms with Crippen LogP contribution in [0, 0.1) is 0 Å². The molecule has 1 nitrogen and oxygen atoms in total. The molecule has 1 aromatic heterocycles. The Morgan fingerprint density at radius 1 is 1.31 bits per heavy atom. The van der Waals surface area contributed by atoms with E-state index in [1.54, 1.807) is 6.20 Å². The number of fused-ring (bicyclic) bond motifs is 1. The predicted molar refractivity (Wildman–Crippen MR) is 59.4 cm³/mol. The maximum atomic E-state index is 5.86. The summed E-state index contributed by atoms with van der Waals surface area (Å²) in [5, 5.41) is 2.73. The highest BCUT2D eigenvalue weighted by Gasteiger charge is 2.00. The van der Waals surface area contributed by atoms with Gasteiger partial charge in [0.05, 0.1) is 5.52 Å². The quantitative estimate of drug-likeness (QED) is 0.708. The molecule has 0 radical (unpaired) electrons. The smallest absolute Gasteiger partial charge is 0.0719 e. The lowest BCUT2D eigenvalue weighted by Crippen LogP contribution is -1.84. The van der Waals surface area contributed by atoms with Crippen molar-refractivity contribution < 1.29 is 0 Å². The molecule has 0 N–H and O–H groups in total. The van der Waals surface area contributed by atoms with Crippen LogP contribution in [0.3, 0.4) is 0 Å². The molecular formula is C10H7BrClN. The fourth-order valence-corrected chi connectivity index (χ4v) is 1.95. The summed E-state index contributed by atoms with van der Waals surface area (Å²) in [6, 6.07) is 7.77. The second kappa shape index (κ2) is 3.64. The largest absolute Gasteiger partial charge is 0.256 e. The highest BCUT2D eigenvalue weighted by Crippen LogP contribution is 2.21. The van der Waals surface area contributed by atoms with E-state index >= 15 is 0 Å². The van der Waals surface area contributed by atoms with Crippen LogP contribution in [0.2, 0.25) is 5.02 Å². The summed E-state index contributed by atoms with van der Waals surface area (Å²) >= 11 is 9.30. The second-order valence-electron chi connectivity index (χ2n) is 2.77. The van der Waals surface area contributed by atoms with Gasteiger partial charge in [-0.1, -0.05) is 33.6 Å². The van der Waals surface area contributed by atoms with Gasteiger partial charge in [-0.25, -0.2) is 0 Å². The van der Waals surface area contributed by atoms with Crippen LogP contribution >= 0.6 is 27.5 Å². The Balaban J connectivity index is 2.77. The fraction of sp³-hybridized carbons (Fsp3) is 0.100. The highest BCUT2D eigenvalue weighted by atomic mass is 79.9. The van der Waals surface area contributed by atoms with Crippen LogP contribution in [0.1, 0.15) is 5.56 Å². The minimum Gasteiger partial charge on any atom is -0.256 e. The maximum Gasteiger partial charge on any atom is 0.0719 e. The molecule has 0 atom stereocenters. The van der Waals surface area contributed by atoms with E-state index in [2.05, 4.69) is 20.9 Å². The molecule has 0 spiro atoms. The summed E-state index contributed by atoms with van der Waals surface area (Å²) in [4.78, 5) is 4.25. The lowest BCUT2D eigenvalue weighted by molar-refractivity contribution is 1.36. The summed E-state index contributed by atoms with van der Waals surface area (Å²) in [6.07, 6.45) is 1.80. The molecule has 3 heteroatoms. The minimum absolute atomic E-state index is 0.728. The van der Waals surface area contributed by atoms with Crippen LogP contribution in [0.25, 0.3) is 10.9 Å². The molecule has 2 aromatic rings. The van der Waals surface area contributed by atoms with Crippen molar-refractivity contribution in [3.63, 3.8) is 0 Å². The van der Waals surface area contributed by atoms with Gasteiger partial charge >= 0.3 is 0 Å². The SMILES string of the molecule is Clc1ccc2c(CBr)ccnc2c1. The number of aromatic nitrogens is 1. The molecule has 0 aliphatic heterocycles. The number of alkyl halides is 1. The van der Waals surface area contributed by atoms with E-state index in [1.165, 1.54) is 5.56 Å². The van der Waals surface area contributed by atoms with Gasteiger partial charge in [0, 0.05) is 21.9 Å². The van der Waals surface area contributed by atoms with Gasteiger partial charge in [-0.05, 0) is 23.8 Å². The third kappa shape index (κ3) is 1.69. The Bertz CT molecular complexity index is 442. The molecular weight excluding hydrogens is 249 g/mol. The molecule has 2 rings (SSSR count). The lowest BCUT2D eigenvalue weighted by atomic mass is 10.1. The van der Waals surface area contributed by atoms with Crippen LogP contribution in [-0.2, 0) is 5.33 Å². The van der Waals surface area contributed by atoms with Gasteiger partial charge in [0.2, 0.25) is 0 Å². The van der Waals surface area contributed by atoms with Crippen molar-refractivity contribution in [3.8, 4) is 0 Å². The van der Waals surface area contributed by atoms with Gasteiger partial charge in [-0.15, -0.1) is 0 Å². The van der Waals surface area contributed by atoms with Crippen molar-refractivity contribution in [3.05, 3.63) is 41.0 Å². The standard InChI is InChI=1S/C10H7BrClN/c11-6-7-3-4-13-10-5-8(12)1-2-9(7)10/h1-5H,6H2. The normalized spacial score (nSPS) is 10.6. The molecule has 0 amide bonds. The third-order valence-corrected chi connectivity index (χ3v) is 2.78. The zero-order valence-electron chi connectivity index (χ0n) is 6.80. The van der Waals surface area contributed by atoms with E-state index in [9.17, 15) is 0 Å². The van der Waals surface area contributed by atoms with Crippen molar-refractivity contribution in [2.45, 2.75) is 5.33 Å². The Labute approximate surface area is 89.9 Å². The Hall–Kier alpha value is -0.600. The molecule has 0 saturated heterocycles. The molecule has 0 aliphatic carbocycles. The van der Waals surface area contributed by atoms with Crippen molar-refractivity contribution in [1.82, 2.24) is 4.98 Å². The van der Waals surface area contributed by atoms with Crippen LogP contribution in [0.5, 0.6) is 0 Å². The molecule has 0 unspecified atom stereocenters. The molecule has 0 bridgehead atoms. The first-order chi connectivity index (χ1) is 6.31. The van der Waals surface area contributed by atoms with E-state index in [0.29, 0.717) is 0 Å². The summed E-state index contributed by atoms with van der Waals surface area (Å²) in [6.45, 7) is 0. The first-order valence-electron chi connectivity index (χ1n) is 3.90. The molecule has 1 heterocycles. The molecule has 0 saturated carbocycles. The predicted octanol–water partition coefficient (Wildman–Crippen LogP) is 3.78. The van der Waals surface area contributed by atoms with Gasteiger partial charge < -0.3 is 0 Å². The van der Waals surface area contributed by atoms with Crippen molar-refractivity contribution in [2.75, 3.05) is 0 Å². The van der Waals surface area contributed by atoms with E-state index in [1.807, 2.05) is 24.3 Å². The summed E-state index contributed by atoms with van der Waals surface area (Å²) < 4.78 is 0. The number of nitrogens with zero attached hydrogens (tertiary/aromatic N) is 1. The van der Waals surface area contributed by atoms with E-state index < -0.39 is 0 Å². The first-order valence-corrected chi connectivity index (χ1v) is 5.40. The van der Waals surface area contributed by atoms with Crippen LogP contribution in [0.4, 0.5) is 0 Å².